The average Bonchev–Trinajstić information content (AvgIpc) is 3.13. The summed E-state index contributed by atoms with van der Waals surface area (Å²) in [4.78, 5) is 10.1. The van der Waals surface area contributed by atoms with Crippen LogP contribution in [0.15, 0.2) is 54.2 Å². The summed E-state index contributed by atoms with van der Waals surface area (Å²) in [6.07, 6.45) is 2.89. The van der Waals surface area contributed by atoms with Gasteiger partial charge >= 0.3 is 5.16 Å². The van der Waals surface area contributed by atoms with E-state index in [2.05, 4.69) is 40.5 Å². The molecule has 0 radical (unpaired) electrons. The zero-order chi connectivity index (χ0) is 20.5. The summed E-state index contributed by atoms with van der Waals surface area (Å²) in [5.74, 6) is 0.402. The average molecular weight is 410 g/mol. The summed E-state index contributed by atoms with van der Waals surface area (Å²) in [6.45, 7) is 8.90. The standard InChI is InChI=1S/C23H27N3O2S/c1-5-11-26-16(3)13-21(28-4)18-8-6-7-17(22(18)26)14-29(27)23-24-19-10-9-15(2)12-20(19)25-23/h5-10,12,16,21H,1,11,13-14H2,2-4H3,(H,24,25). The molecule has 1 N–H and O–H groups in total. The number of para-hydroxylation sites is 1. The van der Waals surface area contributed by atoms with Crippen LogP contribution in [0.25, 0.3) is 11.0 Å². The van der Waals surface area contributed by atoms with Crippen LogP contribution in [0.1, 0.15) is 36.1 Å². The van der Waals surface area contributed by atoms with Gasteiger partial charge in [-0.2, -0.15) is 4.98 Å². The highest BCUT2D eigenvalue weighted by Crippen LogP contribution is 2.41. The van der Waals surface area contributed by atoms with Gasteiger partial charge in [-0.1, -0.05) is 30.3 Å². The van der Waals surface area contributed by atoms with Crippen molar-refractivity contribution in [1.82, 2.24) is 9.97 Å². The normalized spacial score (nSPS) is 19.9. The molecule has 29 heavy (non-hydrogen) atoms. The lowest BCUT2D eigenvalue weighted by Crippen LogP contribution is -2.40. The van der Waals surface area contributed by atoms with Crippen LogP contribution in [0.2, 0.25) is 0 Å². The number of anilines is 1. The van der Waals surface area contributed by atoms with Crippen molar-refractivity contribution in [1.29, 1.82) is 0 Å². The minimum absolute atomic E-state index is 0.0450. The summed E-state index contributed by atoms with van der Waals surface area (Å²) in [5.41, 5.74) is 6.23. The van der Waals surface area contributed by atoms with Crippen LogP contribution in [0.5, 0.6) is 0 Å². The zero-order valence-corrected chi connectivity index (χ0v) is 18.0. The summed E-state index contributed by atoms with van der Waals surface area (Å²) < 4.78 is 19.0. The Morgan fingerprint density at radius 1 is 1.38 bits per heavy atom. The van der Waals surface area contributed by atoms with Crippen molar-refractivity contribution < 1.29 is 9.29 Å². The van der Waals surface area contributed by atoms with E-state index in [1.807, 2.05) is 37.3 Å². The van der Waals surface area contributed by atoms with E-state index in [0.29, 0.717) is 17.0 Å². The van der Waals surface area contributed by atoms with Gasteiger partial charge in [-0.3, -0.25) is 4.98 Å². The Bertz CT molecular complexity index is 1030. The monoisotopic (exact) mass is 409 g/mol. The minimum Gasteiger partial charge on any atom is -0.609 e. The summed E-state index contributed by atoms with van der Waals surface area (Å²) in [5, 5.41) is 0.519. The fourth-order valence-corrected chi connectivity index (χ4v) is 5.24. The number of nitrogens with one attached hydrogen (secondary N) is 1. The molecule has 0 saturated heterocycles. The number of aryl methyl sites for hydroxylation is 1. The second-order valence-corrected chi connectivity index (χ2v) is 9.02. The van der Waals surface area contributed by atoms with E-state index in [4.69, 9.17) is 4.74 Å². The van der Waals surface area contributed by atoms with Gasteiger partial charge in [-0.25, -0.2) is 0 Å². The Hall–Kier alpha value is -2.28. The number of aromatic nitrogens is 2. The molecule has 0 fully saturated rings. The van der Waals surface area contributed by atoms with Gasteiger partial charge in [-0.05, 0) is 38.0 Å². The van der Waals surface area contributed by atoms with Gasteiger partial charge in [0, 0.05) is 42.0 Å². The fourth-order valence-electron chi connectivity index (χ4n) is 4.17. The van der Waals surface area contributed by atoms with Crippen molar-refractivity contribution in [3.8, 4) is 0 Å². The van der Waals surface area contributed by atoms with Crippen molar-refractivity contribution in [3.63, 3.8) is 0 Å². The second-order valence-electron chi connectivity index (χ2n) is 7.66. The number of H-pyrrole nitrogens is 1. The molecule has 3 atom stereocenters. The van der Waals surface area contributed by atoms with Crippen molar-refractivity contribution in [3.05, 3.63) is 65.7 Å². The van der Waals surface area contributed by atoms with Crippen molar-refractivity contribution in [2.45, 2.75) is 43.3 Å². The van der Waals surface area contributed by atoms with Gasteiger partial charge < -0.3 is 14.2 Å². The lowest BCUT2D eigenvalue weighted by atomic mass is 9.91. The molecule has 0 aliphatic carbocycles. The van der Waals surface area contributed by atoms with E-state index in [-0.39, 0.29) is 6.10 Å². The smallest absolute Gasteiger partial charge is 0.321 e. The molecule has 152 valence electrons. The molecule has 6 heteroatoms. The number of hydrogen-bond donors (Lipinski definition) is 1. The van der Waals surface area contributed by atoms with E-state index in [9.17, 15) is 4.55 Å². The SMILES string of the molecule is C=CCN1c2c(C[S+]([O-])c3nc4cc(C)ccc4[nH]3)cccc2C(OC)CC1C. The van der Waals surface area contributed by atoms with E-state index >= 15 is 0 Å². The van der Waals surface area contributed by atoms with Crippen molar-refractivity contribution >= 4 is 27.9 Å². The summed E-state index contributed by atoms with van der Waals surface area (Å²) >= 11 is -1.27. The van der Waals surface area contributed by atoms with Crippen LogP contribution in [0, 0.1) is 6.92 Å². The molecule has 1 aliphatic rings. The maximum atomic E-state index is 13.2. The number of fused-ring (bicyclic) bond motifs is 2. The van der Waals surface area contributed by atoms with Gasteiger partial charge in [0.25, 0.3) is 0 Å². The second kappa shape index (κ2) is 8.22. The van der Waals surface area contributed by atoms with Gasteiger partial charge in [-0.15, -0.1) is 6.58 Å². The molecule has 0 spiro atoms. The Balaban J connectivity index is 1.70. The Morgan fingerprint density at radius 3 is 2.97 bits per heavy atom. The number of rotatable bonds is 6. The predicted molar refractivity (Wildman–Crippen MR) is 119 cm³/mol. The first kappa shape index (κ1) is 20.0. The number of nitrogens with zero attached hydrogens (tertiary/aromatic N) is 2. The first-order chi connectivity index (χ1) is 14.0. The molecule has 3 aromatic rings. The molecule has 1 aromatic heterocycles. The van der Waals surface area contributed by atoms with Gasteiger partial charge in [0.15, 0.2) is 0 Å². The molecular formula is C23H27N3O2S. The van der Waals surface area contributed by atoms with Crippen LogP contribution in [-0.2, 0) is 21.7 Å². The Morgan fingerprint density at radius 2 is 2.21 bits per heavy atom. The number of methoxy groups -OCH3 is 1. The first-order valence-corrected chi connectivity index (χ1v) is 11.2. The molecule has 0 saturated carbocycles. The molecule has 2 aromatic carbocycles. The topological polar surface area (TPSA) is 64.2 Å². The quantitative estimate of drug-likeness (QED) is 0.475. The van der Waals surface area contributed by atoms with Crippen molar-refractivity contribution in [2.75, 3.05) is 18.6 Å². The molecule has 2 heterocycles. The van der Waals surface area contributed by atoms with Gasteiger partial charge in [0.05, 0.1) is 22.8 Å². The van der Waals surface area contributed by atoms with Crippen LogP contribution in [-0.4, -0.2) is 34.2 Å². The molecule has 0 amide bonds. The van der Waals surface area contributed by atoms with Crippen LogP contribution >= 0.6 is 0 Å². The van der Waals surface area contributed by atoms with Gasteiger partial charge in [0.1, 0.15) is 5.75 Å². The van der Waals surface area contributed by atoms with Crippen LogP contribution in [0.4, 0.5) is 5.69 Å². The van der Waals surface area contributed by atoms with Crippen LogP contribution in [0.3, 0.4) is 0 Å². The minimum atomic E-state index is -1.27. The highest BCUT2D eigenvalue weighted by atomic mass is 32.2. The van der Waals surface area contributed by atoms with E-state index in [0.717, 1.165) is 46.4 Å². The van der Waals surface area contributed by atoms with E-state index < -0.39 is 11.2 Å². The van der Waals surface area contributed by atoms with E-state index in [1.165, 1.54) is 0 Å². The van der Waals surface area contributed by atoms with Crippen LogP contribution < -0.4 is 4.90 Å². The maximum Gasteiger partial charge on any atom is 0.321 e. The summed E-state index contributed by atoms with van der Waals surface area (Å²) in [6, 6.07) is 12.5. The molecule has 1 aliphatic heterocycles. The van der Waals surface area contributed by atoms with Crippen molar-refractivity contribution in [2.24, 2.45) is 0 Å². The fraction of sp³-hybridized carbons (Fsp3) is 0.348. The molecular weight excluding hydrogens is 382 g/mol. The number of ether oxygens (including phenoxy) is 1. The Kier molecular flexibility index (Phi) is 5.67. The Labute approximate surface area is 175 Å². The molecule has 4 rings (SSSR count). The first-order valence-electron chi connectivity index (χ1n) is 9.88. The highest BCUT2D eigenvalue weighted by Gasteiger charge is 2.32. The van der Waals surface area contributed by atoms with E-state index in [1.54, 1.807) is 7.11 Å². The predicted octanol–water partition coefficient (Wildman–Crippen LogP) is 4.65. The third-order valence-electron chi connectivity index (χ3n) is 5.60. The number of benzene rings is 2. The van der Waals surface area contributed by atoms with Gasteiger partial charge in [0.2, 0.25) is 0 Å². The number of hydrogen-bond acceptors (Lipinski definition) is 4. The number of imidazole rings is 1. The highest BCUT2D eigenvalue weighted by molar-refractivity contribution is 7.90. The largest absolute Gasteiger partial charge is 0.609 e. The third kappa shape index (κ3) is 3.80. The third-order valence-corrected chi connectivity index (χ3v) is 6.80. The summed E-state index contributed by atoms with van der Waals surface area (Å²) in [7, 11) is 1.76. The lowest BCUT2D eigenvalue weighted by Gasteiger charge is -2.41. The number of aromatic amines is 1. The maximum absolute atomic E-state index is 13.2. The zero-order valence-electron chi connectivity index (χ0n) is 17.1. The molecule has 0 bridgehead atoms. The molecule has 5 nitrogen and oxygen atoms in total. The molecule has 3 unspecified atom stereocenters. The lowest BCUT2D eigenvalue weighted by molar-refractivity contribution is 0.0855.